The van der Waals surface area contributed by atoms with Crippen molar-refractivity contribution in [1.82, 2.24) is 5.32 Å². The lowest BCUT2D eigenvalue weighted by Gasteiger charge is -2.21. The summed E-state index contributed by atoms with van der Waals surface area (Å²) >= 11 is 0. The highest BCUT2D eigenvalue weighted by molar-refractivity contribution is 5.38. The van der Waals surface area contributed by atoms with Crippen molar-refractivity contribution in [3.8, 4) is 5.75 Å². The molecule has 0 aliphatic heterocycles. The first-order valence-electron chi connectivity index (χ1n) is 6.78. The SMILES string of the molecule is Cc1ccc(C(C)NC(C)c2ccc(F)cc2)c(O)c1. The molecule has 0 heterocycles. The number of halogens is 1. The van der Waals surface area contributed by atoms with E-state index in [0.717, 1.165) is 16.7 Å². The van der Waals surface area contributed by atoms with Crippen molar-refractivity contribution in [2.45, 2.75) is 32.9 Å². The van der Waals surface area contributed by atoms with Crippen LogP contribution in [-0.2, 0) is 0 Å². The van der Waals surface area contributed by atoms with Crippen molar-refractivity contribution in [2.24, 2.45) is 0 Å². The molecule has 2 aromatic carbocycles. The summed E-state index contributed by atoms with van der Waals surface area (Å²) in [7, 11) is 0. The molecule has 0 aromatic heterocycles. The lowest BCUT2D eigenvalue weighted by molar-refractivity contribution is 0.438. The summed E-state index contributed by atoms with van der Waals surface area (Å²) in [4.78, 5) is 0. The second kappa shape index (κ2) is 6.06. The molecular formula is C17H20FNO. The molecule has 0 aliphatic carbocycles. The van der Waals surface area contributed by atoms with E-state index in [2.05, 4.69) is 5.32 Å². The third-order valence-electron chi connectivity index (χ3n) is 3.52. The molecule has 2 atom stereocenters. The molecule has 3 heteroatoms. The van der Waals surface area contributed by atoms with Gasteiger partial charge in [-0.3, -0.25) is 0 Å². The highest BCUT2D eigenvalue weighted by atomic mass is 19.1. The molecule has 0 amide bonds. The molecule has 2 N–H and O–H groups in total. The van der Waals surface area contributed by atoms with Crippen LogP contribution in [0.3, 0.4) is 0 Å². The number of nitrogens with one attached hydrogen (secondary N) is 1. The van der Waals surface area contributed by atoms with Crippen LogP contribution in [0, 0.1) is 12.7 Å². The number of rotatable bonds is 4. The number of aromatic hydroxyl groups is 1. The van der Waals surface area contributed by atoms with Crippen molar-refractivity contribution < 1.29 is 9.50 Å². The number of phenols is 1. The molecule has 0 aliphatic rings. The van der Waals surface area contributed by atoms with Gasteiger partial charge in [0, 0.05) is 17.6 Å². The second-order valence-corrected chi connectivity index (χ2v) is 5.22. The van der Waals surface area contributed by atoms with E-state index in [-0.39, 0.29) is 17.9 Å². The Morgan fingerprint density at radius 3 is 2.25 bits per heavy atom. The molecule has 2 rings (SSSR count). The summed E-state index contributed by atoms with van der Waals surface area (Å²) in [6.07, 6.45) is 0. The Bertz CT molecular complexity index is 580. The average Bonchev–Trinajstić information content (AvgIpc) is 2.39. The first kappa shape index (κ1) is 14.5. The molecule has 0 saturated heterocycles. The van der Waals surface area contributed by atoms with E-state index in [1.165, 1.54) is 12.1 Å². The van der Waals surface area contributed by atoms with Crippen molar-refractivity contribution in [1.29, 1.82) is 0 Å². The maximum absolute atomic E-state index is 12.9. The summed E-state index contributed by atoms with van der Waals surface area (Å²) in [5.74, 6) is 0.0708. The molecule has 0 spiro atoms. The zero-order valence-electron chi connectivity index (χ0n) is 12.0. The minimum absolute atomic E-state index is 0.00986. The first-order valence-corrected chi connectivity index (χ1v) is 6.78. The van der Waals surface area contributed by atoms with E-state index >= 15 is 0 Å². The normalized spacial score (nSPS) is 14.0. The summed E-state index contributed by atoms with van der Waals surface area (Å²) in [5.41, 5.74) is 2.92. The fraction of sp³-hybridized carbons (Fsp3) is 0.294. The molecular weight excluding hydrogens is 253 g/mol. The minimum atomic E-state index is -0.231. The molecule has 106 valence electrons. The van der Waals surface area contributed by atoms with Crippen LogP contribution < -0.4 is 5.32 Å². The van der Waals surface area contributed by atoms with Gasteiger partial charge in [0.1, 0.15) is 11.6 Å². The van der Waals surface area contributed by atoms with Crippen LogP contribution in [0.1, 0.15) is 42.6 Å². The Morgan fingerprint density at radius 1 is 1.00 bits per heavy atom. The van der Waals surface area contributed by atoms with Crippen molar-refractivity contribution in [2.75, 3.05) is 0 Å². The smallest absolute Gasteiger partial charge is 0.123 e. The Hall–Kier alpha value is -1.87. The van der Waals surface area contributed by atoms with E-state index < -0.39 is 0 Å². The molecule has 0 radical (unpaired) electrons. The van der Waals surface area contributed by atoms with E-state index in [1.807, 2.05) is 32.9 Å². The van der Waals surface area contributed by atoms with Gasteiger partial charge in [-0.05, 0) is 50.1 Å². The zero-order chi connectivity index (χ0) is 14.7. The molecule has 20 heavy (non-hydrogen) atoms. The average molecular weight is 273 g/mol. The Morgan fingerprint density at radius 2 is 1.65 bits per heavy atom. The van der Waals surface area contributed by atoms with Crippen LogP contribution >= 0.6 is 0 Å². The molecule has 0 fully saturated rings. The predicted octanol–water partition coefficient (Wildman–Crippen LogP) is 4.25. The van der Waals surface area contributed by atoms with Gasteiger partial charge >= 0.3 is 0 Å². The molecule has 2 unspecified atom stereocenters. The van der Waals surface area contributed by atoms with Crippen LogP contribution in [0.25, 0.3) is 0 Å². The Labute approximate surface area is 119 Å². The maximum atomic E-state index is 12.9. The van der Waals surface area contributed by atoms with Crippen LogP contribution in [-0.4, -0.2) is 5.11 Å². The Balaban J connectivity index is 2.10. The fourth-order valence-electron chi connectivity index (χ4n) is 2.33. The minimum Gasteiger partial charge on any atom is -0.508 e. The van der Waals surface area contributed by atoms with Gasteiger partial charge in [-0.25, -0.2) is 4.39 Å². The maximum Gasteiger partial charge on any atom is 0.123 e. The van der Waals surface area contributed by atoms with Crippen molar-refractivity contribution in [3.05, 3.63) is 65.0 Å². The summed E-state index contributed by atoms with van der Waals surface area (Å²) in [6.45, 7) is 5.97. The largest absolute Gasteiger partial charge is 0.508 e. The van der Waals surface area contributed by atoms with Crippen molar-refractivity contribution in [3.63, 3.8) is 0 Å². The van der Waals surface area contributed by atoms with Gasteiger partial charge in [0.25, 0.3) is 0 Å². The van der Waals surface area contributed by atoms with Gasteiger partial charge in [0.15, 0.2) is 0 Å². The molecule has 0 saturated carbocycles. The number of aryl methyl sites for hydroxylation is 1. The van der Waals surface area contributed by atoms with Gasteiger partial charge in [-0.15, -0.1) is 0 Å². The molecule has 2 nitrogen and oxygen atoms in total. The molecule has 2 aromatic rings. The van der Waals surface area contributed by atoms with E-state index in [1.54, 1.807) is 18.2 Å². The van der Waals surface area contributed by atoms with E-state index in [0.29, 0.717) is 5.75 Å². The van der Waals surface area contributed by atoms with Gasteiger partial charge in [-0.1, -0.05) is 24.3 Å². The number of benzene rings is 2. The second-order valence-electron chi connectivity index (χ2n) is 5.22. The van der Waals surface area contributed by atoms with Crippen LogP contribution in [0.4, 0.5) is 4.39 Å². The Kier molecular flexibility index (Phi) is 4.40. The third-order valence-corrected chi connectivity index (χ3v) is 3.52. The standard InChI is InChI=1S/C17H20FNO/c1-11-4-9-16(17(20)10-11)13(3)19-12(2)14-5-7-15(18)8-6-14/h4-10,12-13,19-20H,1-3H3. The molecule has 0 bridgehead atoms. The fourth-order valence-corrected chi connectivity index (χ4v) is 2.33. The summed E-state index contributed by atoms with van der Waals surface area (Å²) in [5, 5.41) is 13.4. The number of hydrogen-bond acceptors (Lipinski definition) is 2. The van der Waals surface area contributed by atoms with Gasteiger partial charge < -0.3 is 10.4 Å². The summed E-state index contributed by atoms with van der Waals surface area (Å²) in [6, 6.07) is 12.2. The monoisotopic (exact) mass is 273 g/mol. The summed E-state index contributed by atoms with van der Waals surface area (Å²) < 4.78 is 12.9. The number of hydrogen-bond donors (Lipinski definition) is 2. The van der Waals surface area contributed by atoms with Crippen LogP contribution in [0.5, 0.6) is 5.75 Å². The van der Waals surface area contributed by atoms with Gasteiger partial charge in [-0.2, -0.15) is 0 Å². The zero-order valence-corrected chi connectivity index (χ0v) is 12.0. The third kappa shape index (κ3) is 3.36. The van der Waals surface area contributed by atoms with Gasteiger partial charge in [0.05, 0.1) is 0 Å². The lowest BCUT2D eigenvalue weighted by Crippen LogP contribution is -2.22. The van der Waals surface area contributed by atoms with Crippen LogP contribution in [0.15, 0.2) is 42.5 Å². The highest BCUT2D eigenvalue weighted by Gasteiger charge is 2.14. The lowest BCUT2D eigenvalue weighted by atomic mass is 10.0. The predicted molar refractivity (Wildman–Crippen MR) is 79.2 cm³/mol. The quantitative estimate of drug-likeness (QED) is 0.872. The van der Waals surface area contributed by atoms with E-state index in [9.17, 15) is 9.50 Å². The number of phenolic OH excluding ortho intramolecular Hbond substituents is 1. The van der Waals surface area contributed by atoms with Crippen molar-refractivity contribution >= 4 is 0 Å². The van der Waals surface area contributed by atoms with Crippen LogP contribution in [0.2, 0.25) is 0 Å². The highest BCUT2D eigenvalue weighted by Crippen LogP contribution is 2.27. The first-order chi connectivity index (χ1) is 9.47. The van der Waals surface area contributed by atoms with Gasteiger partial charge in [0.2, 0.25) is 0 Å². The van der Waals surface area contributed by atoms with E-state index in [4.69, 9.17) is 0 Å². The topological polar surface area (TPSA) is 32.3 Å².